The van der Waals surface area contributed by atoms with Crippen molar-refractivity contribution in [3.05, 3.63) is 41.5 Å². The summed E-state index contributed by atoms with van der Waals surface area (Å²) in [5, 5.41) is 0. The minimum Gasteiger partial charge on any atom is -0.210 e. The van der Waals surface area contributed by atoms with Gasteiger partial charge in [-0.15, -0.1) is 0 Å². The molecule has 0 aliphatic carbocycles. The first-order valence-electron chi connectivity index (χ1n) is 6.69. The van der Waals surface area contributed by atoms with Crippen LogP contribution >= 0.6 is 0 Å². The normalized spacial score (nSPS) is 10.9. The van der Waals surface area contributed by atoms with Gasteiger partial charge in [0, 0.05) is 6.42 Å². The van der Waals surface area contributed by atoms with E-state index in [1.165, 1.54) is 19.3 Å². The van der Waals surface area contributed by atoms with Crippen molar-refractivity contribution in [1.29, 1.82) is 0 Å². The second kappa shape index (κ2) is 8.02. The fourth-order valence-corrected chi connectivity index (χ4v) is 2.11. The Morgan fingerprint density at radius 1 is 1.17 bits per heavy atom. The Bertz CT molecular complexity index is 369. The van der Waals surface area contributed by atoms with Gasteiger partial charge < -0.3 is 0 Å². The van der Waals surface area contributed by atoms with Gasteiger partial charge >= 0.3 is 0 Å². The average Bonchev–Trinajstić information content (AvgIpc) is 2.35. The molecule has 0 nitrogen and oxygen atoms in total. The third kappa shape index (κ3) is 4.99. The molecule has 0 aliphatic rings. The zero-order valence-corrected chi connectivity index (χ0v) is 11.1. The van der Waals surface area contributed by atoms with Crippen molar-refractivity contribution in [3.63, 3.8) is 0 Å². The molecule has 100 valence electrons. The van der Waals surface area contributed by atoms with E-state index in [-0.39, 0.29) is 6.42 Å². The molecule has 0 radical (unpaired) electrons. The highest BCUT2D eigenvalue weighted by Crippen LogP contribution is 2.19. The van der Waals surface area contributed by atoms with Gasteiger partial charge in [0.15, 0.2) is 0 Å². The van der Waals surface area contributed by atoms with Gasteiger partial charge in [-0.2, -0.15) is 0 Å². The molecule has 1 aromatic carbocycles. The van der Waals surface area contributed by atoms with Gasteiger partial charge in [-0.25, -0.2) is 8.78 Å². The van der Waals surface area contributed by atoms with Crippen LogP contribution in [-0.2, 0) is 12.8 Å². The first-order valence-corrected chi connectivity index (χ1v) is 6.69. The Morgan fingerprint density at radius 3 is 2.56 bits per heavy atom. The maximum Gasteiger partial charge on any atom is 0.242 e. The summed E-state index contributed by atoms with van der Waals surface area (Å²) in [6.07, 6.45) is 4.90. The lowest BCUT2D eigenvalue weighted by Crippen LogP contribution is -2.02. The lowest BCUT2D eigenvalue weighted by atomic mass is 9.96. The van der Waals surface area contributed by atoms with Crippen molar-refractivity contribution in [2.75, 3.05) is 0 Å². The highest BCUT2D eigenvalue weighted by atomic mass is 19.3. The summed E-state index contributed by atoms with van der Waals surface area (Å²) in [4.78, 5) is 0. The minimum atomic E-state index is -2.27. The molecule has 0 unspecified atom stereocenters. The predicted molar refractivity (Wildman–Crippen MR) is 74.1 cm³/mol. The second-order valence-corrected chi connectivity index (χ2v) is 4.64. The van der Waals surface area contributed by atoms with E-state index in [9.17, 15) is 8.78 Å². The average molecular weight is 252 g/mol. The van der Waals surface area contributed by atoms with Crippen LogP contribution in [0.1, 0.15) is 49.3 Å². The van der Waals surface area contributed by atoms with Crippen LogP contribution in [0.25, 0.3) is 6.08 Å². The molecule has 0 N–H and O–H groups in total. The van der Waals surface area contributed by atoms with E-state index < -0.39 is 6.43 Å². The molecule has 0 fully saturated rings. The second-order valence-electron chi connectivity index (χ2n) is 4.64. The molecule has 0 atom stereocenters. The molecule has 0 aromatic heterocycles. The molecule has 2 heteroatoms. The van der Waals surface area contributed by atoms with Crippen molar-refractivity contribution in [1.82, 2.24) is 0 Å². The molecule has 1 rings (SSSR count). The third-order valence-corrected chi connectivity index (χ3v) is 3.14. The zero-order valence-electron chi connectivity index (χ0n) is 11.1. The largest absolute Gasteiger partial charge is 0.242 e. The van der Waals surface area contributed by atoms with Crippen molar-refractivity contribution in [3.8, 4) is 0 Å². The van der Waals surface area contributed by atoms with Crippen molar-refractivity contribution in [2.24, 2.45) is 0 Å². The van der Waals surface area contributed by atoms with Crippen LogP contribution in [0.4, 0.5) is 8.78 Å². The standard InChI is InChI=1S/C16H22F2/c1-3-5-6-7-8-14-11-13(4-2)9-10-15(14)12-16(17)18/h4,9-11,16H,2-3,5-8,12H2,1H3. The zero-order chi connectivity index (χ0) is 13.4. The number of halogens is 2. The van der Waals surface area contributed by atoms with Gasteiger partial charge in [0.2, 0.25) is 6.43 Å². The van der Waals surface area contributed by atoms with E-state index in [0.29, 0.717) is 0 Å². The van der Waals surface area contributed by atoms with Crippen LogP contribution in [0, 0.1) is 0 Å². The molecule has 0 amide bonds. The third-order valence-electron chi connectivity index (χ3n) is 3.14. The summed E-state index contributed by atoms with van der Waals surface area (Å²) in [5.41, 5.74) is 2.86. The SMILES string of the molecule is C=Cc1ccc(CC(F)F)c(CCCCCC)c1. The van der Waals surface area contributed by atoms with Gasteiger partial charge in [-0.05, 0) is 29.5 Å². The Hall–Kier alpha value is -1.18. The van der Waals surface area contributed by atoms with E-state index in [2.05, 4.69) is 13.5 Å². The Balaban J connectivity index is 2.72. The number of unbranched alkanes of at least 4 members (excludes halogenated alkanes) is 3. The van der Waals surface area contributed by atoms with Gasteiger partial charge in [-0.3, -0.25) is 0 Å². The van der Waals surface area contributed by atoms with Gasteiger partial charge in [-0.1, -0.05) is 57.0 Å². The quantitative estimate of drug-likeness (QED) is 0.553. The van der Waals surface area contributed by atoms with Crippen LogP contribution in [0.3, 0.4) is 0 Å². The fourth-order valence-electron chi connectivity index (χ4n) is 2.11. The maximum absolute atomic E-state index is 12.5. The summed E-state index contributed by atoms with van der Waals surface area (Å²) < 4.78 is 25.0. The van der Waals surface area contributed by atoms with Crippen LogP contribution in [0.5, 0.6) is 0 Å². The summed E-state index contributed by atoms with van der Waals surface area (Å²) in [6.45, 7) is 5.89. The molecular formula is C16H22F2. The Morgan fingerprint density at radius 2 is 1.94 bits per heavy atom. The van der Waals surface area contributed by atoms with Crippen LogP contribution in [0.2, 0.25) is 0 Å². The van der Waals surface area contributed by atoms with Gasteiger partial charge in [0.25, 0.3) is 0 Å². The number of alkyl halides is 2. The number of hydrogen-bond donors (Lipinski definition) is 0. The predicted octanol–water partition coefficient (Wildman–Crippen LogP) is 5.26. The molecule has 1 aromatic rings. The summed E-state index contributed by atoms with van der Waals surface area (Å²) in [5.74, 6) is 0. The monoisotopic (exact) mass is 252 g/mol. The number of benzene rings is 1. The summed E-state index contributed by atoms with van der Waals surface area (Å²) in [6, 6.07) is 5.68. The number of hydrogen-bond acceptors (Lipinski definition) is 0. The number of rotatable bonds is 8. The topological polar surface area (TPSA) is 0 Å². The van der Waals surface area contributed by atoms with E-state index in [0.717, 1.165) is 29.5 Å². The lowest BCUT2D eigenvalue weighted by molar-refractivity contribution is 0.149. The van der Waals surface area contributed by atoms with E-state index in [1.54, 1.807) is 6.08 Å². The molecule has 0 saturated heterocycles. The van der Waals surface area contributed by atoms with Crippen molar-refractivity contribution < 1.29 is 8.78 Å². The Kier molecular flexibility index (Phi) is 6.63. The molecule has 0 saturated carbocycles. The highest BCUT2D eigenvalue weighted by molar-refractivity contribution is 5.50. The van der Waals surface area contributed by atoms with Crippen molar-refractivity contribution >= 4 is 6.08 Å². The minimum absolute atomic E-state index is 0.138. The molecule has 18 heavy (non-hydrogen) atoms. The van der Waals surface area contributed by atoms with Gasteiger partial charge in [0.1, 0.15) is 0 Å². The fraction of sp³-hybridized carbons (Fsp3) is 0.500. The van der Waals surface area contributed by atoms with Gasteiger partial charge in [0.05, 0.1) is 0 Å². The molecule has 0 aliphatic heterocycles. The van der Waals surface area contributed by atoms with E-state index >= 15 is 0 Å². The van der Waals surface area contributed by atoms with E-state index in [4.69, 9.17) is 0 Å². The first-order chi connectivity index (χ1) is 8.67. The number of aryl methyl sites for hydroxylation is 1. The molecule has 0 spiro atoms. The highest BCUT2D eigenvalue weighted by Gasteiger charge is 2.09. The summed E-state index contributed by atoms with van der Waals surface area (Å²) in [7, 11) is 0. The Labute approximate surface area is 109 Å². The maximum atomic E-state index is 12.5. The van der Waals surface area contributed by atoms with Crippen LogP contribution in [0.15, 0.2) is 24.8 Å². The lowest BCUT2D eigenvalue weighted by Gasteiger charge is -2.10. The summed E-state index contributed by atoms with van der Waals surface area (Å²) >= 11 is 0. The smallest absolute Gasteiger partial charge is 0.210 e. The van der Waals surface area contributed by atoms with Crippen molar-refractivity contribution in [2.45, 2.75) is 51.9 Å². The van der Waals surface area contributed by atoms with Crippen LogP contribution < -0.4 is 0 Å². The van der Waals surface area contributed by atoms with Crippen LogP contribution in [-0.4, -0.2) is 6.43 Å². The molecule has 0 bridgehead atoms. The first kappa shape index (κ1) is 14.9. The molecule has 0 heterocycles. The molecular weight excluding hydrogens is 230 g/mol. The van der Waals surface area contributed by atoms with E-state index in [1.807, 2.05) is 18.2 Å².